The van der Waals surface area contributed by atoms with Crippen molar-refractivity contribution in [2.45, 2.75) is 203 Å². The Morgan fingerprint density at radius 1 is 0.451 bits per heavy atom. The highest BCUT2D eigenvalue weighted by Gasteiger charge is 2.36. The van der Waals surface area contributed by atoms with Gasteiger partial charge in [-0.25, -0.2) is 13.2 Å². The number of nitrogens with zero attached hydrogens (tertiary/aromatic N) is 12. The number of carbonyl (C=O) groups is 3. The molecule has 15 rings (SSSR count). The summed E-state index contributed by atoms with van der Waals surface area (Å²) in [6.07, 6.45) is -21.0. The molecule has 144 heavy (non-hydrogen) atoms. The van der Waals surface area contributed by atoms with Gasteiger partial charge in [0.25, 0.3) is 16.7 Å². The molecule has 0 aliphatic heterocycles. The van der Waals surface area contributed by atoms with Gasteiger partial charge in [0.15, 0.2) is 15.5 Å². The summed E-state index contributed by atoms with van der Waals surface area (Å²) in [6, 6.07) is -16.4. The SMILES string of the molecule is [2H]C(C)(c1ccc(-c2ccc(C(F)(F)F)cc2)cc1)N(CCN(CC)CC)C(=O)Cn1c(SCc2ccc(F)cc2)nc(=O)c2c1CCC2.[2H]c1c([2H])c(C([2H])([2H])Sc2nc(=O)c3c(n2C([2H])([2H])C(=O)N(Cc2c([2H])c([2H])c(-c4c([2H])c([2H])c(C(F)(F)F)c(C)c4[2H])c([2H])c2[2H])C([2H])([2H])C([2H])([2H])N(C([2H])([2H])C)C([2H])([2H])C)CCC3)c([2H])c([2H])c1F.[2H]c1c([2H])c(C([2H])([2H])Sc2nc(=O)c3c(n2C([2H])([2H])C(=O)N(Cc2c([2H])c([2H])c(-c4c([2H])c([2H])c(C(F)(F)F)c([2H])c4[2H])c([2H])c2[2H])C([2H])([2H])C([2H])([2H])N(C([2H])([2H])C)C([2H])([2H])C)C([2H])([2H])C([2H])(C)C3([2H])[2H])c([2H])c([2H])c1F. The molecule has 0 fully saturated rings. The van der Waals surface area contributed by atoms with E-state index in [9.17, 15) is 84.2 Å². The summed E-state index contributed by atoms with van der Waals surface area (Å²) in [5, 5.41) is -2.37. The van der Waals surface area contributed by atoms with E-state index < -0.39 is 431 Å². The molecule has 33 heteroatoms. The highest BCUT2D eigenvalue weighted by molar-refractivity contribution is 7.98. The summed E-state index contributed by atoms with van der Waals surface area (Å²) in [5.74, 6) is -12.0. The second-order valence-corrected chi connectivity index (χ2v) is 33.2. The summed E-state index contributed by atoms with van der Waals surface area (Å²) in [7, 11) is 0. The third kappa shape index (κ3) is 29.1. The van der Waals surface area contributed by atoms with E-state index in [1.54, 1.807) is 48.2 Å². The molecule has 3 aliphatic carbocycles. The van der Waals surface area contributed by atoms with Gasteiger partial charge in [-0.15, -0.1) is 0 Å². The number of halogens is 12. The van der Waals surface area contributed by atoms with Crippen LogP contribution in [-0.2, 0) is 121 Å². The molecule has 3 aromatic heterocycles. The topological polar surface area (TPSA) is 175 Å². The van der Waals surface area contributed by atoms with Crippen LogP contribution in [0.5, 0.6) is 0 Å². The molecule has 0 N–H and O–H groups in total. The molecule has 2 unspecified atom stereocenters. The van der Waals surface area contributed by atoms with Crippen LogP contribution >= 0.6 is 35.3 Å². The van der Waals surface area contributed by atoms with Crippen molar-refractivity contribution in [2.75, 3.05) is 78.2 Å². The first-order valence-corrected chi connectivity index (χ1v) is 45.9. The predicted molar refractivity (Wildman–Crippen MR) is 544 cm³/mol. The largest absolute Gasteiger partial charge is 0.416 e. The van der Waals surface area contributed by atoms with Gasteiger partial charge >= 0.3 is 18.5 Å². The minimum Gasteiger partial charge on any atom is -0.336 e. The molecule has 3 aliphatic rings. The van der Waals surface area contributed by atoms with Crippen molar-refractivity contribution in [3.63, 3.8) is 0 Å². The average molecular weight is 2100 g/mol. The van der Waals surface area contributed by atoms with E-state index >= 15 is 9.59 Å². The zero-order valence-electron chi connectivity index (χ0n) is 130. The Hall–Kier alpha value is -11.9. The number of hydrogen-bond acceptors (Lipinski definition) is 15. The molecule has 0 bridgehead atoms. The van der Waals surface area contributed by atoms with E-state index in [2.05, 4.69) is 19.9 Å². The molecule has 18 nitrogen and oxygen atoms in total. The van der Waals surface area contributed by atoms with Crippen molar-refractivity contribution < 1.29 is 140 Å². The molecule has 762 valence electrons. The van der Waals surface area contributed by atoms with Gasteiger partial charge < -0.3 is 43.1 Å². The van der Waals surface area contributed by atoms with E-state index in [0.29, 0.717) is 87.2 Å². The van der Waals surface area contributed by atoms with Crippen LogP contribution in [0.15, 0.2) is 242 Å². The summed E-state index contributed by atoms with van der Waals surface area (Å²) >= 11 is 0.371. The first-order valence-electron chi connectivity index (χ1n) is 69.8. The average Bonchev–Trinajstić information content (AvgIpc) is 1.51. The van der Waals surface area contributed by atoms with Crippen LogP contribution in [0.1, 0.15) is 236 Å². The van der Waals surface area contributed by atoms with Crippen LogP contribution < -0.4 is 16.7 Å². The Kier molecular flexibility index (Phi) is 20.4. The number of benzene rings is 9. The number of carbonyl (C=O) groups excluding carboxylic acids is 3. The summed E-state index contributed by atoms with van der Waals surface area (Å²) in [5.41, 5.74) is -25.2. The van der Waals surface area contributed by atoms with Crippen molar-refractivity contribution in [3.8, 4) is 33.4 Å². The molecule has 0 saturated heterocycles. The number of thioether (sulfide) groups is 3. The van der Waals surface area contributed by atoms with E-state index in [1.165, 1.54) is 36.0 Å². The smallest absolute Gasteiger partial charge is 0.336 e. The van der Waals surface area contributed by atoms with Crippen LogP contribution in [0, 0.1) is 30.3 Å². The van der Waals surface area contributed by atoms with Crippen LogP contribution in [0.4, 0.5) is 52.7 Å². The highest BCUT2D eigenvalue weighted by atomic mass is 32.2. The second-order valence-electron chi connectivity index (χ2n) is 30.7. The normalized spacial score (nSPS) is 21.5. The van der Waals surface area contributed by atoms with Gasteiger partial charge in [-0.2, -0.15) is 54.5 Å². The maximum Gasteiger partial charge on any atom is 0.416 e. The standard InChI is InChI=1S/3C37H40F4N4O2S/c1-4-43(5-2)18-19-44(22-26-6-10-28(11-7-26)29-12-14-30(15-13-29)37(39,40)41)34(46)23-45-33-21-25(3)20-32(33)35(47)42-36(45)48-24-27-8-16-31(38)17-9-27;1-4-43(5-2)21-22-44(25(3)27-11-13-28(14-12-27)29-15-17-30(18-16-29)37(39,40)41)34(46)23-45-33-8-6-7-32(33)35(47)42-36(45)48-24-26-9-19-31(38)20-10-26;1-4-43(5-2)19-20-44(22-26-9-13-28(14-10-26)29-15-18-32(25(3)21-29)37(39,40)41)34(46)23-45-33-8-6-7-31(33)35(47)42-36(45)48-24-27-11-16-30(38)17-12-27/h6-17,25H,4-5,18-24H2,1-3H3;9-20,25H,4-8,21-24H2,1-3H3;9-18,21H,4-8,19-20,22-24H2,1-3H3/i4D2,5D2,6D,7D,8D,9D,10D,11D,12D,13D,14D,15D,16D,17D,18D2,19D2,20D2,21D2,23D2,24D2,25D;25D;4D2,5D2,9D,10D,11D,12D,13D,14D,15D,16D,17D,18D,19D2,20D2,21D,23D2,24D2. The lowest BCUT2D eigenvalue weighted by Gasteiger charge is -2.33. The van der Waals surface area contributed by atoms with Crippen LogP contribution in [-0.4, -0.2) is 154 Å². The molecule has 3 amide bonds. The number of aromatic nitrogens is 6. The van der Waals surface area contributed by atoms with Gasteiger partial charge in [-0.1, -0.05) is 229 Å². The van der Waals surface area contributed by atoms with Gasteiger partial charge in [0, 0.05) is 132 Å². The van der Waals surface area contributed by atoms with Gasteiger partial charge in [0.2, 0.25) is 17.7 Å². The Bertz CT molecular complexity index is 9460. The van der Waals surface area contributed by atoms with Crippen molar-refractivity contribution in [2.24, 2.45) is 5.89 Å². The number of alkyl halides is 9. The number of fused-ring (bicyclic) bond motifs is 3. The highest BCUT2D eigenvalue weighted by Crippen LogP contribution is 2.39. The third-order valence-electron chi connectivity index (χ3n) is 21.4. The monoisotopic (exact) mass is 2090 g/mol. The summed E-state index contributed by atoms with van der Waals surface area (Å²) in [6.45, 7) is -31.6. The third-order valence-corrected chi connectivity index (χ3v) is 24.0. The first kappa shape index (κ1) is 58.5. The van der Waals surface area contributed by atoms with Crippen molar-refractivity contribution >= 4 is 53.0 Å². The van der Waals surface area contributed by atoms with Gasteiger partial charge in [-0.05, 0) is 249 Å². The van der Waals surface area contributed by atoms with Crippen LogP contribution in [0.25, 0.3) is 33.4 Å². The lowest BCUT2D eigenvalue weighted by molar-refractivity contribution is -0.138. The molecule has 0 saturated carbocycles. The maximum atomic E-state index is 15.5. The minimum atomic E-state index is -5.52. The molecular weight excluding hydrogens is 1920 g/mol. The Morgan fingerprint density at radius 2 is 0.875 bits per heavy atom. The molecule has 2 atom stereocenters. The lowest BCUT2D eigenvalue weighted by atomic mass is 9.98. The van der Waals surface area contributed by atoms with E-state index in [0.717, 1.165) is 49.8 Å². The van der Waals surface area contributed by atoms with Crippen molar-refractivity contribution in [3.05, 3.63) is 350 Å². The molecule has 9 aromatic carbocycles. The number of likely N-dealkylation sites (N-methyl/N-ethyl adjacent to an activating group) is 3. The fourth-order valence-electron chi connectivity index (χ4n) is 14.1. The minimum absolute atomic E-state index is 0.0441. The van der Waals surface area contributed by atoms with Gasteiger partial charge in [0.1, 0.15) is 37.0 Å². The molecular formula is C111H120F12N12O6S3. The first-order chi connectivity index (χ1) is 89.4. The molecule has 0 spiro atoms. The Labute approximate surface area is 919 Å². The fourth-order valence-corrected chi connectivity index (χ4v) is 16.4. The van der Waals surface area contributed by atoms with Crippen molar-refractivity contribution in [1.29, 1.82) is 0 Å². The predicted octanol–water partition coefficient (Wildman–Crippen LogP) is 22.8. The Balaban J connectivity index is 0.000000243. The molecule has 0 radical (unpaired) electrons. The lowest BCUT2D eigenvalue weighted by Crippen LogP contribution is -2.42. The van der Waals surface area contributed by atoms with Gasteiger partial charge in [-0.3, -0.25) is 28.8 Å². The fraction of sp³-hybridized carbons (Fsp3) is 0.378. The van der Waals surface area contributed by atoms with Crippen LogP contribution in [0.3, 0.4) is 0 Å². The Morgan fingerprint density at radius 3 is 1.33 bits per heavy atom. The molecule has 12 aromatic rings. The zero-order chi connectivity index (χ0) is 150. The van der Waals surface area contributed by atoms with E-state index in [1.807, 2.05) is 18.4 Å². The van der Waals surface area contributed by atoms with Gasteiger partial charge in [0.05, 0.1) is 66.6 Å². The second kappa shape index (κ2) is 50.3. The van der Waals surface area contributed by atoms with Crippen molar-refractivity contribution in [1.82, 2.24) is 58.1 Å². The number of amides is 3. The zero-order valence-corrected chi connectivity index (χ0v) is 79.9. The summed E-state index contributed by atoms with van der Waals surface area (Å²) < 4.78 is 627. The quantitative estimate of drug-likeness (QED) is 0.0202. The number of rotatable bonds is 39. The van der Waals surface area contributed by atoms with E-state index in [4.69, 9.17) is 60.3 Å². The number of hydrogen-bond donors (Lipinski definition) is 0. The van der Waals surface area contributed by atoms with E-state index in [-0.39, 0.29) is 76.4 Å². The molecule has 3 heterocycles. The summed E-state index contributed by atoms with van der Waals surface area (Å²) in [4.78, 5) is 98.8. The maximum absolute atomic E-state index is 15.5. The van der Waals surface area contributed by atoms with Crippen LogP contribution in [0.2, 0.25) is 0 Å².